The van der Waals surface area contributed by atoms with Gasteiger partial charge < -0.3 is 15.0 Å². The van der Waals surface area contributed by atoms with Crippen molar-refractivity contribution >= 4 is 12.2 Å². The van der Waals surface area contributed by atoms with Crippen LogP contribution < -0.4 is 15.9 Å². The molecule has 7 heteroatoms. The molecule has 0 aliphatic rings. The summed E-state index contributed by atoms with van der Waals surface area (Å²) in [4.78, 5) is 10.6. The fourth-order valence-electron chi connectivity index (χ4n) is 2.13. The molecule has 0 fully saturated rings. The average molecular weight is 302 g/mol. The average Bonchev–Trinajstić information content (AvgIpc) is 2.79. The van der Waals surface area contributed by atoms with E-state index in [1.54, 1.807) is 7.11 Å². The van der Waals surface area contributed by atoms with Gasteiger partial charge in [-0.2, -0.15) is 5.10 Å². The standard InChI is InChI=1S/C15H18N4O3/c1-9-13(10(2)22-19-9)7-12-6-11(4-5-14(12)21-3)8-17-18-15(16)20/h4-6,8H,7H2,1-3H3,(H3,16,18,20). The lowest BCUT2D eigenvalue weighted by atomic mass is 10.0. The number of methoxy groups -OCH3 is 1. The smallest absolute Gasteiger partial charge is 0.332 e. The number of carbonyl (C=O) groups excluding carboxylic acids is 1. The first-order chi connectivity index (χ1) is 10.5. The van der Waals surface area contributed by atoms with Crippen LogP contribution in [0.15, 0.2) is 27.8 Å². The molecule has 0 unspecified atom stereocenters. The lowest BCUT2D eigenvalue weighted by Gasteiger charge is -2.09. The summed E-state index contributed by atoms with van der Waals surface area (Å²) in [6.07, 6.45) is 2.15. The van der Waals surface area contributed by atoms with Gasteiger partial charge in [0, 0.05) is 12.0 Å². The van der Waals surface area contributed by atoms with Gasteiger partial charge in [0.1, 0.15) is 11.5 Å². The number of carbonyl (C=O) groups is 1. The zero-order chi connectivity index (χ0) is 16.1. The normalized spacial score (nSPS) is 10.9. The molecule has 0 bridgehead atoms. The molecule has 0 saturated heterocycles. The Balaban J connectivity index is 2.28. The predicted octanol–water partition coefficient (Wildman–Crippen LogP) is 1.89. The Morgan fingerprint density at radius 3 is 2.86 bits per heavy atom. The third kappa shape index (κ3) is 3.63. The molecular formula is C15H18N4O3. The largest absolute Gasteiger partial charge is 0.496 e. The van der Waals surface area contributed by atoms with Crippen LogP contribution in [0.1, 0.15) is 28.1 Å². The monoisotopic (exact) mass is 302 g/mol. The lowest BCUT2D eigenvalue weighted by molar-refractivity contribution is 0.249. The number of nitrogens with one attached hydrogen (secondary N) is 1. The van der Waals surface area contributed by atoms with E-state index in [9.17, 15) is 4.79 Å². The summed E-state index contributed by atoms with van der Waals surface area (Å²) in [6.45, 7) is 3.78. The van der Waals surface area contributed by atoms with Crippen LogP contribution in [-0.4, -0.2) is 24.5 Å². The predicted molar refractivity (Wildman–Crippen MR) is 82.1 cm³/mol. The van der Waals surface area contributed by atoms with Crippen molar-refractivity contribution in [3.8, 4) is 5.75 Å². The van der Waals surface area contributed by atoms with Crippen molar-refractivity contribution < 1.29 is 14.1 Å². The number of hydrogen-bond donors (Lipinski definition) is 2. The minimum atomic E-state index is -0.708. The number of primary amides is 1. The molecule has 2 amide bonds. The Labute approximate surface area is 128 Å². The van der Waals surface area contributed by atoms with Gasteiger partial charge >= 0.3 is 6.03 Å². The van der Waals surface area contributed by atoms with Crippen LogP contribution in [0.4, 0.5) is 4.79 Å². The maximum absolute atomic E-state index is 10.6. The second kappa shape index (κ2) is 6.75. The van der Waals surface area contributed by atoms with Crippen LogP contribution in [0.5, 0.6) is 5.75 Å². The Morgan fingerprint density at radius 1 is 1.50 bits per heavy atom. The van der Waals surface area contributed by atoms with Crippen molar-refractivity contribution in [2.24, 2.45) is 10.8 Å². The summed E-state index contributed by atoms with van der Waals surface area (Å²) in [7, 11) is 1.62. The van der Waals surface area contributed by atoms with Gasteiger partial charge in [-0.15, -0.1) is 0 Å². The van der Waals surface area contributed by atoms with Gasteiger partial charge in [-0.25, -0.2) is 10.2 Å². The molecule has 1 heterocycles. The van der Waals surface area contributed by atoms with Crippen LogP contribution in [0.3, 0.4) is 0 Å². The zero-order valence-electron chi connectivity index (χ0n) is 12.7. The zero-order valence-corrected chi connectivity index (χ0v) is 12.7. The summed E-state index contributed by atoms with van der Waals surface area (Å²) >= 11 is 0. The minimum Gasteiger partial charge on any atom is -0.496 e. The number of benzene rings is 1. The molecule has 0 saturated carbocycles. The number of nitrogens with two attached hydrogens (primary N) is 1. The number of aryl methyl sites for hydroxylation is 2. The van der Waals surface area contributed by atoms with E-state index < -0.39 is 6.03 Å². The number of nitrogens with zero attached hydrogens (tertiary/aromatic N) is 2. The van der Waals surface area contributed by atoms with E-state index in [1.807, 2.05) is 32.0 Å². The number of hydrogen-bond acceptors (Lipinski definition) is 5. The van der Waals surface area contributed by atoms with E-state index in [-0.39, 0.29) is 0 Å². The Kier molecular flexibility index (Phi) is 4.77. The summed E-state index contributed by atoms with van der Waals surface area (Å²) in [5.74, 6) is 1.55. The van der Waals surface area contributed by atoms with E-state index in [4.69, 9.17) is 15.0 Å². The first-order valence-electron chi connectivity index (χ1n) is 6.68. The van der Waals surface area contributed by atoms with Crippen LogP contribution in [0, 0.1) is 13.8 Å². The highest BCUT2D eigenvalue weighted by Crippen LogP contribution is 2.25. The number of hydrazone groups is 1. The van der Waals surface area contributed by atoms with Gasteiger partial charge in [0.2, 0.25) is 0 Å². The second-order valence-electron chi connectivity index (χ2n) is 4.79. The fraction of sp³-hybridized carbons (Fsp3) is 0.267. The van der Waals surface area contributed by atoms with Crippen LogP contribution in [-0.2, 0) is 6.42 Å². The summed E-state index contributed by atoms with van der Waals surface area (Å²) < 4.78 is 10.6. The number of ether oxygens (including phenoxy) is 1. The number of urea groups is 1. The minimum absolute atomic E-state index is 0.634. The molecule has 1 aromatic heterocycles. The maximum atomic E-state index is 10.6. The van der Waals surface area contributed by atoms with Crippen molar-refractivity contribution in [1.82, 2.24) is 10.6 Å². The van der Waals surface area contributed by atoms with Gasteiger partial charge in [-0.1, -0.05) is 5.16 Å². The molecule has 0 aliphatic carbocycles. The summed E-state index contributed by atoms with van der Waals surface area (Å²) in [5.41, 5.74) is 10.8. The van der Waals surface area contributed by atoms with Crippen molar-refractivity contribution in [2.45, 2.75) is 20.3 Å². The third-order valence-electron chi connectivity index (χ3n) is 3.24. The number of amides is 2. The maximum Gasteiger partial charge on any atom is 0.332 e. The fourth-order valence-corrected chi connectivity index (χ4v) is 2.13. The quantitative estimate of drug-likeness (QED) is 0.650. The SMILES string of the molecule is COc1ccc(C=NNC(N)=O)cc1Cc1c(C)noc1C. The highest BCUT2D eigenvalue weighted by molar-refractivity contribution is 5.82. The van der Waals surface area contributed by atoms with E-state index in [0.29, 0.717) is 6.42 Å². The molecule has 116 valence electrons. The first kappa shape index (κ1) is 15.6. The van der Waals surface area contributed by atoms with E-state index in [2.05, 4.69) is 15.7 Å². The molecule has 2 rings (SSSR count). The number of rotatable bonds is 5. The number of aromatic nitrogens is 1. The third-order valence-corrected chi connectivity index (χ3v) is 3.24. The highest BCUT2D eigenvalue weighted by atomic mass is 16.5. The van der Waals surface area contributed by atoms with E-state index >= 15 is 0 Å². The first-order valence-corrected chi connectivity index (χ1v) is 6.68. The molecule has 3 N–H and O–H groups in total. The van der Waals surface area contributed by atoms with Crippen molar-refractivity contribution in [3.63, 3.8) is 0 Å². The topological polar surface area (TPSA) is 103 Å². The molecule has 1 aromatic carbocycles. The molecule has 2 aromatic rings. The summed E-state index contributed by atoms with van der Waals surface area (Å²) in [6, 6.07) is 4.90. The molecule has 22 heavy (non-hydrogen) atoms. The van der Waals surface area contributed by atoms with Gasteiger partial charge in [0.15, 0.2) is 0 Å². The lowest BCUT2D eigenvalue weighted by Crippen LogP contribution is -2.24. The summed E-state index contributed by atoms with van der Waals surface area (Å²) in [5, 5.41) is 7.70. The van der Waals surface area contributed by atoms with E-state index in [0.717, 1.165) is 33.9 Å². The Bertz CT molecular complexity index is 687. The molecule has 0 aliphatic heterocycles. The molecular weight excluding hydrogens is 284 g/mol. The second-order valence-corrected chi connectivity index (χ2v) is 4.79. The Hall–Kier alpha value is -2.83. The van der Waals surface area contributed by atoms with Gasteiger partial charge in [0.25, 0.3) is 0 Å². The molecule has 0 spiro atoms. The Morgan fingerprint density at radius 2 is 2.27 bits per heavy atom. The molecule has 0 radical (unpaired) electrons. The van der Waals surface area contributed by atoms with Crippen molar-refractivity contribution in [1.29, 1.82) is 0 Å². The van der Waals surface area contributed by atoms with Crippen LogP contribution in [0.25, 0.3) is 0 Å². The van der Waals surface area contributed by atoms with Crippen LogP contribution >= 0.6 is 0 Å². The van der Waals surface area contributed by atoms with Gasteiger partial charge in [0.05, 0.1) is 19.0 Å². The van der Waals surface area contributed by atoms with Crippen molar-refractivity contribution in [3.05, 3.63) is 46.3 Å². The van der Waals surface area contributed by atoms with Gasteiger partial charge in [-0.3, -0.25) is 0 Å². The van der Waals surface area contributed by atoms with Crippen molar-refractivity contribution in [2.75, 3.05) is 7.11 Å². The molecule has 0 atom stereocenters. The van der Waals surface area contributed by atoms with Crippen LogP contribution in [0.2, 0.25) is 0 Å². The molecule has 7 nitrogen and oxygen atoms in total. The van der Waals surface area contributed by atoms with Gasteiger partial charge in [-0.05, 0) is 43.2 Å². The van der Waals surface area contributed by atoms with E-state index in [1.165, 1.54) is 6.21 Å². The highest BCUT2D eigenvalue weighted by Gasteiger charge is 2.13.